The standard InChI is InChI=1S/C27H26NOSi.C5H8O2.Ir/c1-17(2)23-15-19(14-18-8-6-7-9-21(18)23)27-26-22-11-10-20(30(3,4)5)16-25(22)29-24(26)12-13-28-27;1-4(6)3-5(2)7;/h6-13,15-17H,1-5H3;3,6H,1-2H3;/q-1;;/b;4-3-;. The summed E-state index contributed by atoms with van der Waals surface area (Å²) in [5.41, 5.74) is 5.13. The van der Waals surface area contributed by atoms with Crippen LogP contribution in [0.15, 0.2) is 77.0 Å². The first-order valence-corrected chi connectivity index (χ1v) is 16.1. The van der Waals surface area contributed by atoms with Gasteiger partial charge in [0.15, 0.2) is 5.78 Å². The first-order chi connectivity index (χ1) is 17.5. The summed E-state index contributed by atoms with van der Waals surface area (Å²) in [5.74, 6) is 0.357. The first kappa shape index (κ1) is 29.5. The van der Waals surface area contributed by atoms with Crippen molar-refractivity contribution in [2.24, 2.45) is 0 Å². The number of furan rings is 1. The summed E-state index contributed by atoms with van der Waals surface area (Å²) in [5, 5.41) is 14.4. The third-order valence-electron chi connectivity index (χ3n) is 6.35. The van der Waals surface area contributed by atoms with E-state index in [0.29, 0.717) is 5.92 Å². The van der Waals surface area contributed by atoms with Crippen molar-refractivity contribution < 1.29 is 34.4 Å². The van der Waals surface area contributed by atoms with Crippen LogP contribution in [0.4, 0.5) is 0 Å². The normalized spacial score (nSPS) is 11.9. The Morgan fingerprint density at radius 3 is 2.32 bits per heavy atom. The van der Waals surface area contributed by atoms with Gasteiger partial charge in [0, 0.05) is 48.8 Å². The molecular formula is C32H34IrNO3Si-. The number of aliphatic hydroxyl groups excluding tert-OH is 1. The fourth-order valence-electron chi connectivity index (χ4n) is 4.55. The molecule has 0 saturated heterocycles. The van der Waals surface area contributed by atoms with Gasteiger partial charge in [0.25, 0.3) is 0 Å². The molecule has 0 aliphatic rings. The van der Waals surface area contributed by atoms with E-state index in [9.17, 15) is 4.79 Å². The Kier molecular flexibility index (Phi) is 9.14. The molecule has 0 aliphatic heterocycles. The Hall–Kier alpha value is -3.05. The summed E-state index contributed by atoms with van der Waals surface area (Å²) in [6.07, 6.45) is 3.01. The Bertz CT molecular complexity index is 1640. The summed E-state index contributed by atoms with van der Waals surface area (Å²) in [4.78, 5) is 14.8. The molecule has 6 heteroatoms. The van der Waals surface area contributed by atoms with Crippen molar-refractivity contribution in [3.63, 3.8) is 0 Å². The quantitative estimate of drug-likeness (QED) is 0.0887. The molecule has 0 aliphatic carbocycles. The van der Waals surface area contributed by atoms with Gasteiger partial charge >= 0.3 is 0 Å². The number of benzene rings is 3. The van der Waals surface area contributed by atoms with Crippen LogP contribution in [0.25, 0.3) is 44.0 Å². The Balaban J connectivity index is 0.000000444. The van der Waals surface area contributed by atoms with Crippen LogP contribution in [0.3, 0.4) is 0 Å². The molecule has 1 radical (unpaired) electrons. The molecule has 0 amide bonds. The van der Waals surface area contributed by atoms with Gasteiger partial charge in [-0.25, -0.2) is 0 Å². The molecule has 1 N–H and O–H groups in total. The number of carbonyl (C=O) groups is 1. The van der Waals surface area contributed by atoms with Crippen molar-refractivity contribution in [2.45, 2.75) is 53.3 Å². The second kappa shape index (κ2) is 11.8. The summed E-state index contributed by atoms with van der Waals surface area (Å²) >= 11 is 0. The minimum atomic E-state index is -1.41. The zero-order valence-electron chi connectivity index (χ0n) is 23.0. The van der Waals surface area contributed by atoms with Crippen molar-refractivity contribution in [2.75, 3.05) is 0 Å². The largest absolute Gasteiger partial charge is 0.512 e. The van der Waals surface area contributed by atoms with Gasteiger partial charge < -0.3 is 9.52 Å². The van der Waals surface area contributed by atoms with E-state index in [0.717, 1.165) is 38.6 Å². The molecule has 2 aromatic heterocycles. The maximum atomic E-state index is 10.0. The monoisotopic (exact) mass is 701 g/mol. The van der Waals surface area contributed by atoms with E-state index in [1.165, 1.54) is 36.1 Å². The molecule has 4 nitrogen and oxygen atoms in total. The third-order valence-corrected chi connectivity index (χ3v) is 8.39. The fraction of sp³-hybridized carbons (Fsp3) is 0.250. The number of rotatable bonds is 4. The van der Waals surface area contributed by atoms with Gasteiger partial charge in [0.1, 0.15) is 11.2 Å². The predicted octanol–water partition coefficient (Wildman–Crippen LogP) is 8.30. The van der Waals surface area contributed by atoms with E-state index in [1.54, 1.807) is 0 Å². The molecule has 0 saturated carbocycles. The molecule has 0 fully saturated rings. The Labute approximate surface area is 239 Å². The van der Waals surface area contributed by atoms with Gasteiger partial charge in [-0.2, -0.15) is 0 Å². The van der Waals surface area contributed by atoms with Crippen molar-refractivity contribution in [3.8, 4) is 11.3 Å². The van der Waals surface area contributed by atoms with Crippen molar-refractivity contribution in [1.29, 1.82) is 0 Å². The second-order valence-corrected chi connectivity index (χ2v) is 15.9. The SMILES string of the molecule is CC(=O)/C=C(/C)O.CC(C)c1cc(-c2nccc3oc4cc([Si](C)(C)C)ccc4c23)[c-]c2ccccc12.[Ir]. The number of pyridine rings is 1. The van der Waals surface area contributed by atoms with Crippen molar-refractivity contribution >= 4 is 51.8 Å². The molecule has 0 spiro atoms. The second-order valence-electron chi connectivity index (χ2n) is 10.8. The number of hydrogen-bond acceptors (Lipinski definition) is 4. The van der Waals surface area contributed by atoms with Gasteiger partial charge in [0.2, 0.25) is 0 Å². The minimum Gasteiger partial charge on any atom is -0.512 e. The molecule has 0 unspecified atom stereocenters. The van der Waals surface area contributed by atoms with Gasteiger partial charge in [-0.1, -0.05) is 80.0 Å². The summed E-state index contributed by atoms with van der Waals surface area (Å²) in [6.45, 7) is 14.4. The van der Waals surface area contributed by atoms with Crippen LogP contribution in [0.5, 0.6) is 0 Å². The van der Waals surface area contributed by atoms with Crippen LogP contribution in [-0.4, -0.2) is 23.9 Å². The number of nitrogens with zero attached hydrogens (tertiary/aromatic N) is 1. The van der Waals surface area contributed by atoms with Crippen LogP contribution in [0, 0.1) is 6.07 Å². The number of aliphatic hydroxyl groups is 1. The number of ketones is 1. The van der Waals surface area contributed by atoms with Gasteiger partial charge in [-0.05, 0) is 31.9 Å². The van der Waals surface area contributed by atoms with Crippen LogP contribution in [0.1, 0.15) is 39.2 Å². The summed E-state index contributed by atoms with van der Waals surface area (Å²) in [7, 11) is -1.41. The van der Waals surface area contributed by atoms with E-state index in [4.69, 9.17) is 14.5 Å². The molecule has 3 aromatic carbocycles. The number of carbonyl (C=O) groups excluding carboxylic acids is 1. The molecule has 38 heavy (non-hydrogen) atoms. The van der Waals surface area contributed by atoms with Gasteiger partial charge in [0.05, 0.1) is 13.8 Å². The van der Waals surface area contributed by atoms with E-state index in [2.05, 4.69) is 88.1 Å². The van der Waals surface area contributed by atoms with Gasteiger partial charge in [-0.15, -0.1) is 29.1 Å². The van der Waals surface area contributed by atoms with E-state index >= 15 is 0 Å². The number of allylic oxidation sites excluding steroid dienone is 2. The zero-order chi connectivity index (χ0) is 26.9. The minimum absolute atomic E-state index is 0. The van der Waals surface area contributed by atoms with E-state index < -0.39 is 8.07 Å². The zero-order valence-corrected chi connectivity index (χ0v) is 26.4. The van der Waals surface area contributed by atoms with Crippen LogP contribution in [0.2, 0.25) is 19.6 Å². The number of hydrogen-bond donors (Lipinski definition) is 1. The molecular weight excluding hydrogens is 667 g/mol. The van der Waals surface area contributed by atoms with Crippen LogP contribution in [-0.2, 0) is 24.9 Å². The van der Waals surface area contributed by atoms with E-state index in [-0.39, 0.29) is 31.6 Å². The number of fused-ring (bicyclic) bond motifs is 4. The van der Waals surface area contributed by atoms with Gasteiger partial charge in [-0.3, -0.25) is 9.78 Å². The van der Waals surface area contributed by atoms with Crippen molar-refractivity contribution in [3.05, 3.63) is 84.3 Å². The predicted molar refractivity (Wildman–Crippen MR) is 157 cm³/mol. The third kappa shape index (κ3) is 6.32. The van der Waals surface area contributed by atoms with E-state index in [1.807, 2.05) is 12.3 Å². The topological polar surface area (TPSA) is 63.3 Å². The first-order valence-electron chi connectivity index (χ1n) is 12.6. The molecule has 5 aromatic rings. The maximum absolute atomic E-state index is 10.0. The summed E-state index contributed by atoms with van der Waals surface area (Å²) in [6, 6.07) is 23.1. The molecule has 2 heterocycles. The number of aromatic nitrogens is 1. The molecule has 5 rings (SSSR count). The molecule has 0 bridgehead atoms. The van der Waals surface area contributed by atoms with Crippen LogP contribution < -0.4 is 5.19 Å². The van der Waals surface area contributed by atoms with Crippen molar-refractivity contribution in [1.82, 2.24) is 4.98 Å². The molecule has 0 atom stereocenters. The fourth-order valence-corrected chi connectivity index (χ4v) is 5.70. The smallest absolute Gasteiger partial charge is 0.155 e. The Morgan fingerprint density at radius 2 is 1.71 bits per heavy atom. The summed E-state index contributed by atoms with van der Waals surface area (Å²) < 4.78 is 6.28. The Morgan fingerprint density at radius 1 is 1.00 bits per heavy atom. The maximum Gasteiger partial charge on any atom is 0.155 e. The molecule has 199 valence electrons. The van der Waals surface area contributed by atoms with Crippen LogP contribution >= 0.6 is 0 Å². The average molecular weight is 701 g/mol. The average Bonchev–Trinajstić information content (AvgIpc) is 3.20.